The van der Waals surface area contributed by atoms with E-state index in [9.17, 15) is 19.6 Å². The van der Waals surface area contributed by atoms with E-state index in [0.717, 1.165) is 6.42 Å². The van der Waals surface area contributed by atoms with Crippen LogP contribution < -0.4 is 10.6 Å². The van der Waals surface area contributed by atoms with E-state index in [-0.39, 0.29) is 35.1 Å². The minimum absolute atomic E-state index is 0.0143. The number of nitriles is 1. The molecule has 2 heterocycles. The van der Waals surface area contributed by atoms with Crippen molar-refractivity contribution in [2.75, 3.05) is 25.7 Å². The number of nitrogens with zero attached hydrogens (tertiary/aromatic N) is 3. The Bertz CT molecular complexity index is 1310. The summed E-state index contributed by atoms with van der Waals surface area (Å²) in [7, 11) is 2.41. The average Bonchev–Trinajstić information content (AvgIpc) is 3.31. The standard InChI is InChI=1S/C27H26N4O5/c1-35-26(33)23-22(17-9-4-3-5-10-17)19(15-28)25(29)31(24(23)27(34)36-2)20-12-7-6-11-18(20)16-30-14-8-13-21(30)32/h3-7,9-12,22H,8,13-14,16,29H2,1-2H3. The number of ether oxygens (including phenoxy) is 2. The molecule has 1 fully saturated rings. The summed E-state index contributed by atoms with van der Waals surface area (Å²) in [6.45, 7) is 0.899. The Hall–Kier alpha value is -4.58. The molecule has 9 heteroatoms. The summed E-state index contributed by atoms with van der Waals surface area (Å²) in [6, 6.07) is 18.1. The lowest BCUT2D eigenvalue weighted by Gasteiger charge is -2.37. The van der Waals surface area contributed by atoms with E-state index in [4.69, 9.17) is 15.2 Å². The molecule has 184 valence electrons. The zero-order valence-corrected chi connectivity index (χ0v) is 20.1. The van der Waals surface area contributed by atoms with E-state index < -0.39 is 17.9 Å². The number of likely N-dealkylation sites (tertiary alicyclic amines) is 1. The second-order valence-corrected chi connectivity index (χ2v) is 8.38. The van der Waals surface area contributed by atoms with Gasteiger partial charge in [-0.05, 0) is 23.6 Å². The third kappa shape index (κ3) is 4.29. The van der Waals surface area contributed by atoms with E-state index in [2.05, 4.69) is 6.07 Å². The maximum absolute atomic E-state index is 13.3. The fraction of sp³-hybridized carbons (Fsp3) is 0.259. The molecule has 0 spiro atoms. The Morgan fingerprint density at radius 3 is 2.33 bits per heavy atom. The van der Waals surface area contributed by atoms with Crippen LogP contribution >= 0.6 is 0 Å². The molecule has 1 unspecified atom stereocenters. The molecule has 36 heavy (non-hydrogen) atoms. The Morgan fingerprint density at radius 1 is 1.06 bits per heavy atom. The van der Waals surface area contributed by atoms with Gasteiger partial charge in [0.15, 0.2) is 0 Å². The minimum Gasteiger partial charge on any atom is -0.466 e. The summed E-state index contributed by atoms with van der Waals surface area (Å²) >= 11 is 0. The molecule has 2 N–H and O–H groups in total. The Kier molecular flexibility index (Phi) is 7.06. The van der Waals surface area contributed by atoms with Crippen molar-refractivity contribution in [1.29, 1.82) is 5.26 Å². The highest BCUT2D eigenvalue weighted by Crippen LogP contribution is 2.44. The number of methoxy groups -OCH3 is 2. The van der Waals surface area contributed by atoms with Crippen LogP contribution in [0.1, 0.15) is 29.9 Å². The third-order valence-corrected chi connectivity index (χ3v) is 6.38. The zero-order valence-electron chi connectivity index (χ0n) is 20.1. The van der Waals surface area contributed by atoms with Gasteiger partial charge in [-0.2, -0.15) is 5.26 Å². The topological polar surface area (TPSA) is 126 Å². The number of esters is 2. The third-order valence-electron chi connectivity index (χ3n) is 6.38. The van der Waals surface area contributed by atoms with Crippen LogP contribution in [0, 0.1) is 11.3 Å². The zero-order chi connectivity index (χ0) is 25.8. The summed E-state index contributed by atoms with van der Waals surface area (Å²) in [6.07, 6.45) is 1.24. The molecule has 0 bridgehead atoms. The van der Waals surface area contributed by atoms with Crippen molar-refractivity contribution in [2.45, 2.75) is 25.3 Å². The molecule has 2 aliphatic heterocycles. The number of carbonyl (C=O) groups is 3. The first-order valence-corrected chi connectivity index (χ1v) is 11.4. The van der Waals surface area contributed by atoms with Gasteiger partial charge in [-0.15, -0.1) is 0 Å². The molecule has 0 saturated carbocycles. The van der Waals surface area contributed by atoms with E-state index in [1.165, 1.54) is 19.1 Å². The quantitative estimate of drug-likeness (QED) is 0.618. The Balaban J connectivity index is 1.99. The van der Waals surface area contributed by atoms with Crippen molar-refractivity contribution in [2.24, 2.45) is 5.73 Å². The molecule has 1 atom stereocenters. The van der Waals surface area contributed by atoms with Gasteiger partial charge in [-0.25, -0.2) is 9.59 Å². The molecule has 2 aromatic carbocycles. The molecule has 2 aromatic rings. The summed E-state index contributed by atoms with van der Waals surface area (Å²) in [5, 5.41) is 10.2. The number of hydrogen-bond donors (Lipinski definition) is 1. The highest BCUT2D eigenvalue weighted by atomic mass is 16.5. The number of para-hydroxylation sites is 1. The van der Waals surface area contributed by atoms with Crippen molar-refractivity contribution in [3.05, 3.63) is 88.4 Å². The first-order valence-electron chi connectivity index (χ1n) is 11.4. The molecular weight excluding hydrogens is 460 g/mol. The number of hydrogen-bond acceptors (Lipinski definition) is 8. The van der Waals surface area contributed by atoms with E-state index in [0.29, 0.717) is 29.8 Å². The monoisotopic (exact) mass is 486 g/mol. The lowest BCUT2D eigenvalue weighted by Crippen LogP contribution is -2.41. The number of rotatable bonds is 6. The number of carbonyl (C=O) groups excluding carboxylic acids is 3. The van der Waals surface area contributed by atoms with Gasteiger partial charge in [0.1, 0.15) is 11.5 Å². The first kappa shape index (κ1) is 24.5. The van der Waals surface area contributed by atoms with Crippen molar-refractivity contribution in [3.8, 4) is 6.07 Å². The summed E-state index contributed by atoms with van der Waals surface area (Å²) in [5.41, 5.74) is 8.21. The SMILES string of the molecule is COC(=O)C1=C(C(=O)OC)N(c2ccccc2CN2CCCC2=O)C(N)=C(C#N)C1c1ccccc1. The maximum Gasteiger partial charge on any atom is 0.355 e. The smallest absolute Gasteiger partial charge is 0.355 e. The van der Waals surface area contributed by atoms with Gasteiger partial charge in [0.05, 0.1) is 43.0 Å². The van der Waals surface area contributed by atoms with Crippen molar-refractivity contribution in [3.63, 3.8) is 0 Å². The molecule has 0 aliphatic carbocycles. The summed E-state index contributed by atoms with van der Waals surface area (Å²) < 4.78 is 10.2. The largest absolute Gasteiger partial charge is 0.466 e. The van der Waals surface area contributed by atoms with Crippen LogP contribution in [0.15, 0.2) is 77.3 Å². The minimum atomic E-state index is -0.943. The fourth-order valence-electron chi connectivity index (χ4n) is 4.70. The van der Waals surface area contributed by atoms with Crippen LogP contribution in [0.5, 0.6) is 0 Å². The van der Waals surface area contributed by atoms with Crippen LogP contribution in [0.3, 0.4) is 0 Å². The number of amides is 1. The number of allylic oxidation sites excluding steroid dienone is 1. The van der Waals surface area contributed by atoms with Crippen LogP contribution in [-0.2, 0) is 30.4 Å². The molecule has 1 amide bonds. The molecule has 2 aliphatic rings. The van der Waals surface area contributed by atoms with E-state index in [1.807, 2.05) is 12.1 Å². The molecule has 0 aromatic heterocycles. The first-order chi connectivity index (χ1) is 17.4. The molecule has 9 nitrogen and oxygen atoms in total. The van der Waals surface area contributed by atoms with Crippen LogP contribution in [0.2, 0.25) is 0 Å². The normalized spacial score (nSPS) is 17.8. The van der Waals surface area contributed by atoms with Gasteiger partial charge < -0.3 is 20.1 Å². The predicted octanol–water partition coefficient (Wildman–Crippen LogP) is 2.71. The van der Waals surface area contributed by atoms with Crippen LogP contribution in [0.4, 0.5) is 5.69 Å². The Labute approximate surface area is 209 Å². The fourth-order valence-corrected chi connectivity index (χ4v) is 4.70. The van der Waals surface area contributed by atoms with Gasteiger partial charge in [-0.3, -0.25) is 9.69 Å². The number of anilines is 1. The summed E-state index contributed by atoms with van der Waals surface area (Å²) in [5.74, 6) is -2.53. The van der Waals surface area contributed by atoms with E-state index >= 15 is 0 Å². The van der Waals surface area contributed by atoms with Crippen molar-refractivity contribution < 1.29 is 23.9 Å². The van der Waals surface area contributed by atoms with Gasteiger partial charge in [-0.1, -0.05) is 48.5 Å². The Morgan fingerprint density at radius 2 is 1.72 bits per heavy atom. The number of nitrogens with two attached hydrogens (primary N) is 1. The molecule has 4 rings (SSSR count). The predicted molar refractivity (Wildman–Crippen MR) is 131 cm³/mol. The maximum atomic E-state index is 13.3. The van der Waals surface area contributed by atoms with Gasteiger partial charge in [0, 0.05) is 19.5 Å². The van der Waals surface area contributed by atoms with E-state index in [1.54, 1.807) is 47.4 Å². The van der Waals surface area contributed by atoms with Crippen LogP contribution in [0.25, 0.3) is 0 Å². The van der Waals surface area contributed by atoms with Gasteiger partial charge in [0.2, 0.25) is 5.91 Å². The summed E-state index contributed by atoms with van der Waals surface area (Å²) in [4.78, 5) is 41.9. The second kappa shape index (κ2) is 10.4. The van der Waals surface area contributed by atoms with Gasteiger partial charge >= 0.3 is 11.9 Å². The highest BCUT2D eigenvalue weighted by Gasteiger charge is 2.43. The lowest BCUT2D eigenvalue weighted by molar-refractivity contribution is -0.139. The average molecular weight is 487 g/mol. The number of benzene rings is 2. The van der Waals surface area contributed by atoms with Crippen molar-refractivity contribution in [1.82, 2.24) is 4.90 Å². The lowest BCUT2D eigenvalue weighted by atomic mass is 9.80. The molecular formula is C27H26N4O5. The second-order valence-electron chi connectivity index (χ2n) is 8.38. The highest BCUT2D eigenvalue weighted by molar-refractivity contribution is 6.06. The molecule has 0 radical (unpaired) electrons. The van der Waals surface area contributed by atoms with Gasteiger partial charge in [0.25, 0.3) is 0 Å². The molecule has 1 saturated heterocycles. The van der Waals surface area contributed by atoms with Crippen molar-refractivity contribution >= 4 is 23.5 Å². The van der Waals surface area contributed by atoms with Crippen LogP contribution in [-0.4, -0.2) is 43.5 Å².